The van der Waals surface area contributed by atoms with E-state index in [-0.39, 0.29) is 32.9 Å². The standard InChI is InChI=1S/C22H19F5N6O2S/c1-4-36(34,35)19-15-8-14(20(2,3)11-28)5-6-16(15)31-33(19)18-7-13-9-30-32(17(13)10-29-18)12-21(23,24)22(25,26)27/h5-10H,4,12H2,1-3H3. The van der Waals surface area contributed by atoms with Crippen LogP contribution in [-0.4, -0.2) is 50.8 Å². The number of nitrogens with zero attached hydrogens (tertiary/aromatic N) is 6. The number of hydrogen-bond acceptors (Lipinski definition) is 6. The number of sulfone groups is 1. The minimum Gasteiger partial charge on any atom is -0.257 e. The lowest BCUT2D eigenvalue weighted by molar-refractivity contribution is -0.287. The Kier molecular flexibility index (Phi) is 5.82. The highest BCUT2D eigenvalue weighted by atomic mass is 32.2. The van der Waals surface area contributed by atoms with Gasteiger partial charge in [-0.2, -0.15) is 37.4 Å². The maximum atomic E-state index is 13.5. The molecule has 0 aliphatic rings. The van der Waals surface area contributed by atoms with Gasteiger partial charge in [-0.25, -0.2) is 18.1 Å². The van der Waals surface area contributed by atoms with Crippen molar-refractivity contribution < 1.29 is 30.4 Å². The molecule has 0 atom stereocenters. The van der Waals surface area contributed by atoms with Crippen LogP contribution in [0.5, 0.6) is 0 Å². The van der Waals surface area contributed by atoms with Gasteiger partial charge in [0.05, 0.1) is 40.7 Å². The zero-order valence-electron chi connectivity index (χ0n) is 19.2. The minimum absolute atomic E-state index is 0.00560. The van der Waals surface area contributed by atoms with E-state index in [0.29, 0.717) is 15.8 Å². The van der Waals surface area contributed by atoms with Crippen molar-refractivity contribution in [1.29, 1.82) is 5.26 Å². The zero-order valence-corrected chi connectivity index (χ0v) is 20.0. The first kappa shape index (κ1) is 25.5. The summed E-state index contributed by atoms with van der Waals surface area (Å²) in [4.78, 5) is 4.09. The molecular formula is C22H19F5N6O2S. The molecule has 14 heteroatoms. The number of alkyl halides is 5. The van der Waals surface area contributed by atoms with E-state index in [2.05, 4.69) is 21.3 Å². The first-order valence-electron chi connectivity index (χ1n) is 10.5. The van der Waals surface area contributed by atoms with Crippen LogP contribution in [0.1, 0.15) is 26.3 Å². The molecule has 0 spiro atoms. The summed E-state index contributed by atoms with van der Waals surface area (Å²) in [5.74, 6) is -5.29. The predicted molar refractivity (Wildman–Crippen MR) is 120 cm³/mol. The van der Waals surface area contributed by atoms with Crippen LogP contribution in [-0.2, 0) is 21.8 Å². The summed E-state index contributed by atoms with van der Waals surface area (Å²) in [6.07, 6.45) is -3.64. The molecule has 0 saturated carbocycles. The van der Waals surface area contributed by atoms with Crippen molar-refractivity contribution >= 4 is 31.6 Å². The number of hydrogen-bond donors (Lipinski definition) is 0. The lowest BCUT2D eigenvalue weighted by atomic mass is 9.86. The molecule has 3 aromatic heterocycles. The van der Waals surface area contributed by atoms with E-state index < -0.39 is 33.9 Å². The monoisotopic (exact) mass is 526 g/mol. The maximum Gasteiger partial charge on any atom is 0.455 e. The highest BCUT2D eigenvalue weighted by Gasteiger charge is 2.57. The largest absolute Gasteiger partial charge is 0.455 e. The summed E-state index contributed by atoms with van der Waals surface area (Å²) < 4.78 is 92.7. The molecule has 1 aromatic carbocycles. The number of pyridine rings is 1. The number of benzene rings is 1. The summed E-state index contributed by atoms with van der Waals surface area (Å²) in [6, 6.07) is 8.26. The molecule has 36 heavy (non-hydrogen) atoms. The Labute approximate surface area is 201 Å². The van der Waals surface area contributed by atoms with Crippen molar-refractivity contribution in [2.24, 2.45) is 0 Å². The molecule has 0 aliphatic carbocycles. The molecule has 0 fully saturated rings. The minimum atomic E-state index is -5.75. The van der Waals surface area contributed by atoms with E-state index in [9.17, 15) is 35.6 Å². The second-order valence-electron chi connectivity index (χ2n) is 8.69. The molecule has 0 bridgehead atoms. The molecule has 0 unspecified atom stereocenters. The highest BCUT2D eigenvalue weighted by molar-refractivity contribution is 7.91. The molecule has 0 N–H and O–H groups in total. The smallest absolute Gasteiger partial charge is 0.257 e. The second-order valence-corrected chi connectivity index (χ2v) is 10.9. The van der Waals surface area contributed by atoms with Crippen LogP contribution in [0.4, 0.5) is 22.0 Å². The Hall–Kier alpha value is -3.60. The third kappa shape index (κ3) is 4.17. The number of fused-ring (bicyclic) bond motifs is 2. The molecule has 8 nitrogen and oxygen atoms in total. The molecule has 4 aromatic rings. The van der Waals surface area contributed by atoms with Gasteiger partial charge in [0, 0.05) is 10.8 Å². The van der Waals surface area contributed by atoms with Gasteiger partial charge in [-0.1, -0.05) is 13.0 Å². The number of rotatable bonds is 6. The van der Waals surface area contributed by atoms with E-state index >= 15 is 0 Å². The second kappa shape index (κ2) is 8.22. The normalized spacial score (nSPS) is 13.4. The van der Waals surface area contributed by atoms with Gasteiger partial charge in [-0.3, -0.25) is 4.68 Å². The molecule has 3 heterocycles. The molecule has 0 radical (unpaired) electrons. The van der Waals surface area contributed by atoms with Crippen LogP contribution in [0.3, 0.4) is 0 Å². The molecular weight excluding hydrogens is 507 g/mol. The predicted octanol–water partition coefficient (Wildman–Crippen LogP) is 4.56. The Morgan fingerprint density at radius 2 is 1.78 bits per heavy atom. The van der Waals surface area contributed by atoms with Gasteiger partial charge in [-0.15, -0.1) is 0 Å². The average molecular weight is 526 g/mol. The number of aromatic nitrogens is 5. The van der Waals surface area contributed by atoms with Crippen LogP contribution >= 0.6 is 0 Å². The van der Waals surface area contributed by atoms with Crippen LogP contribution in [0, 0.1) is 11.3 Å². The third-order valence-electron chi connectivity index (χ3n) is 5.80. The quantitative estimate of drug-likeness (QED) is 0.341. The van der Waals surface area contributed by atoms with Gasteiger partial charge in [0.15, 0.2) is 20.7 Å². The fraction of sp³-hybridized carbons (Fsp3) is 0.364. The van der Waals surface area contributed by atoms with Crippen molar-refractivity contribution in [3.63, 3.8) is 0 Å². The van der Waals surface area contributed by atoms with Crippen molar-refractivity contribution in [3.8, 4) is 11.9 Å². The lowest BCUT2D eigenvalue weighted by Crippen LogP contribution is -2.40. The summed E-state index contributed by atoms with van der Waals surface area (Å²) in [7, 11) is -3.89. The van der Waals surface area contributed by atoms with E-state index in [0.717, 1.165) is 17.1 Å². The number of nitriles is 1. The fourth-order valence-electron chi connectivity index (χ4n) is 3.59. The fourth-order valence-corrected chi connectivity index (χ4v) is 4.76. The van der Waals surface area contributed by atoms with Gasteiger partial charge in [0.25, 0.3) is 0 Å². The zero-order chi connectivity index (χ0) is 26.7. The van der Waals surface area contributed by atoms with Gasteiger partial charge >= 0.3 is 12.1 Å². The Morgan fingerprint density at radius 3 is 2.39 bits per heavy atom. The number of halogens is 5. The van der Waals surface area contributed by atoms with Crippen LogP contribution in [0.25, 0.3) is 27.6 Å². The van der Waals surface area contributed by atoms with E-state index in [1.807, 2.05) is 0 Å². The summed E-state index contributed by atoms with van der Waals surface area (Å²) >= 11 is 0. The Bertz CT molecular complexity index is 1630. The summed E-state index contributed by atoms with van der Waals surface area (Å²) in [5.41, 5.74) is -0.132. The van der Waals surface area contributed by atoms with Crippen LogP contribution < -0.4 is 0 Å². The van der Waals surface area contributed by atoms with Crippen LogP contribution in [0.2, 0.25) is 0 Å². The molecule has 0 amide bonds. The Balaban J connectivity index is 1.89. The third-order valence-corrected chi connectivity index (χ3v) is 7.54. The SMILES string of the molecule is CCS(=O)(=O)c1c2cc(C(C)(C)C#N)ccc2nn1-c1cc2cnn(CC(F)(F)C(F)(F)F)c2cn1. The molecule has 0 aliphatic heterocycles. The average Bonchev–Trinajstić information content (AvgIpc) is 3.39. The van der Waals surface area contributed by atoms with Gasteiger partial charge in [-0.05, 0) is 37.6 Å². The van der Waals surface area contributed by atoms with Crippen molar-refractivity contribution in [2.75, 3.05) is 5.75 Å². The first-order chi connectivity index (χ1) is 16.6. The molecule has 4 rings (SSSR count). The van der Waals surface area contributed by atoms with E-state index in [1.54, 1.807) is 32.0 Å². The lowest BCUT2D eigenvalue weighted by Gasteiger charge is -2.19. The highest BCUT2D eigenvalue weighted by Crippen LogP contribution is 2.37. The Morgan fingerprint density at radius 1 is 1.08 bits per heavy atom. The van der Waals surface area contributed by atoms with Crippen molar-refractivity contribution in [1.82, 2.24) is 24.5 Å². The van der Waals surface area contributed by atoms with Gasteiger partial charge in [0.1, 0.15) is 6.54 Å². The summed E-state index contributed by atoms with van der Waals surface area (Å²) in [5, 5.41) is 17.7. The van der Waals surface area contributed by atoms with Gasteiger partial charge < -0.3 is 0 Å². The maximum absolute atomic E-state index is 13.5. The van der Waals surface area contributed by atoms with Gasteiger partial charge in [0.2, 0.25) is 0 Å². The summed E-state index contributed by atoms with van der Waals surface area (Å²) in [6.45, 7) is 3.08. The van der Waals surface area contributed by atoms with E-state index in [1.165, 1.54) is 13.0 Å². The molecule has 0 saturated heterocycles. The first-order valence-corrected chi connectivity index (χ1v) is 12.2. The topological polar surface area (TPSA) is 106 Å². The van der Waals surface area contributed by atoms with Crippen molar-refractivity contribution in [3.05, 3.63) is 42.2 Å². The van der Waals surface area contributed by atoms with E-state index in [4.69, 9.17) is 0 Å². The molecule has 190 valence electrons. The van der Waals surface area contributed by atoms with Crippen molar-refractivity contribution in [2.45, 2.75) is 49.9 Å². The van der Waals surface area contributed by atoms with Crippen LogP contribution in [0.15, 0.2) is 41.7 Å².